The predicted octanol–water partition coefficient (Wildman–Crippen LogP) is 4.63. The van der Waals surface area contributed by atoms with Crippen LogP contribution in [0.3, 0.4) is 0 Å². The third kappa shape index (κ3) is 2.62. The molecule has 1 aromatic rings. The van der Waals surface area contributed by atoms with Crippen LogP contribution in [0.1, 0.15) is 37.2 Å². The van der Waals surface area contributed by atoms with Crippen molar-refractivity contribution in [2.24, 2.45) is 5.92 Å². The molecule has 0 aliphatic heterocycles. The van der Waals surface area contributed by atoms with Gasteiger partial charge in [0.25, 0.3) is 0 Å². The molecule has 0 N–H and O–H groups in total. The van der Waals surface area contributed by atoms with Crippen LogP contribution in [0.15, 0.2) is 18.2 Å². The van der Waals surface area contributed by atoms with Crippen LogP contribution < -0.4 is 0 Å². The minimum Gasteiger partial charge on any atom is -0.204 e. The van der Waals surface area contributed by atoms with Gasteiger partial charge in [-0.3, -0.25) is 0 Å². The van der Waals surface area contributed by atoms with Crippen molar-refractivity contribution >= 4 is 15.9 Å². The fourth-order valence-electron chi connectivity index (χ4n) is 2.42. The maximum Gasteiger partial charge on any atom is 0.159 e. The SMILES string of the molecule is Fc1ccc(C2CCC(CBr)CC2)cc1F. The monoisotopic (exact) mass is 288 g/mol. The molecule has 0 unspecified atom stereocenters. The molecule has 3 heteroatoms. The van der Waals surface area contributed by atoms with Crippen molar-refractivity contribution in [3.63, 3.8) is 0 Å². The summed E-state index contributed by atoms with van der Waals surface area (Å²) in [4.78, 5) is 0. The Hall–Kier alpha value is -0.440. The topological polar surface area (TPSA) is 0 Å². The maximum atomic E-state index is 13.1. The van der Waals surface area contributed by atoms with E-state index in [0.717, 1.165) is 29.7 Å². The Morgan fingerprint density at radius 3 is 2.31 bits per heavy atom. The Balaban J connectivity index is 2.05. The van der Waals surface area contributed by atoms with Gasteiger partial charge in [-0.05, 0) is 55.2 Å². The van der Waals surface area contributed by atoms with Gasteiger partial charge in [-0.2, -0.15) is 0 Å². The van der Waals surface area contributed by atoms with Crippen molar-refractivity contribution in [1.29, 1.82) is 0 Å². The van der Waals surface area contributed by atoms with Crippen LogP contribution in [0.5, 0.6) is 0 Å². The highest BCUT2D eigenvalue weighted by atomic mass is 79.9. The summed E-state index contributed by atoms with van der Waals surface area (Å²) in [7, 11) is 0. The van der Waals surface area contributed by atoms with E-state index in [1.807, 2.05) is 0 Å². The van der Waals surface area contributed by atoms with Gasteiger partial charge < -0.3 is 0 Å². The molecule has 1 saturated carbocycles. The first kappa shape index (κ1) is 12.0. The molecule has 0 nitrogen and oxygen atoms in total. The zero-order chi connectivity index (χ0) is 11.5. The van der Waals surface area contributed by atoms with E-state index in [1.165, 1.54) is 25.0 Å². The molecule has 0 bridgehead atoms. The van der Waals surface area contributed by atoms with Gasteiger partial charge in [0.1, 0.15) is 0 Å². The first-order valence-corrected chi connectivity index (χ1v) is 6.83. The summed E-state index contributed by atoms with van der Waals surface area (Å²) in [6.07, 6.45) is 4.52. The van der Waals surface area contributed by atoms with Gasteiger partial charge in [-0.25, -0.2) is 8.78 Å². The van der Waals surface area contributed by atoms with Gasteiger partial charge in [-0.15, -0.1) is 0 Å². The first-order valence-electron chi connectivity index (χ1n) is 5.71. The van der Waals surface area contributed by atoms with Gasteiger partial charge >= 0.3 is 0 Å². The molecule has 1 fully saturated rings. The Labute approximate surface area is 103 Å². The van der Waals surface area contributed by atoms with Crippen LogP contribution in [-0.2, 0) is 0 Å². The molecule has 2 rings (SSSR count). The first-order chi connectivity index (χ1) is 7.70. The smallest absolute Gasteiger partial charge is 0.159 e. The zero-order valence-corrected chi connectivity index (χ0v) is 10.6. The van der Waals surface area contributed by atoms with Gasteiger partial charge in [-0.1, -0.05) is 22.0 Å². The van der Waals surface area contributed by atoms with Crippen molar-refractivity contribution in [3.8, 4) is 0 Å². The maximum absolute atomic E-state index is 13.1. The molecule has 0 atom stereocenters. The number of halogens is 3. The zero-order valence-electron chi connectivity index (χ0n) is 9.06. The number of benzene rings is 1. The molecular formula is C13H15BrF2. The van der Waals surface area contributed by atoms with Gasteiger partial charge in [0, 0.05) is 5.33 Å². The third-order valence-corrected chi connectivity index (χ3v) is 4.40. The highest BCUT2D eigenvalue weighted by Crippen LogP contribution is 2.36. The van der Waals surface area contributed by atoms with Crippen molar-refractivity contribution in [1.82, 2.24) is 0 Å². The second-order valence-electron chi connectivity index (χ2n) is 4.55. The molecule has 1 aliphatic rings. The van der Waals surface area contributed by atoms with Gasteiger partial charge in [0.2, 0.25) is 0 Å². The second kappa shape index (κ2) is 5.26. The number of rotatable bonds is 2. The standard InChI is InChI=1S/C13H15BrF2/c14-8-9-1-3-10(4-2-9)11-5-6-12(15)13(16)7-11/h5-7,9-10H,1-4,8H2. The molecule has 0 spiro atoms. The highest BCUT2D eigenvalue weighted by Gasteiger charge is 2.22. The lowest BCUT2D eigenvalue weighted by Crippen LogP contribution is -2.14. The molecule has 1 aliphatic carbocycles. The lowest BCUT2D eigenvalue weighted by Gasteiger charge is -2.27. The fraction of sp³-hybridized carbons (Fsp3) is 0.538. The summed E-state index contributed by atoms with van der Waals surface area (Å²) in [6.45, 7) is 0. The summed E-state index contributed by atoms with van der Waals surface area (Å²) in [5, 5.41) is 1.05. The molecule has 16 heavy (non-hydrogen) atoms. The number of hydrogen-bond acceptors (Lipinski definition) is 0. The van der Waals surface area contributed by atoms with E-state index < -0.39 is 11.6 Å². The van der Waals surface area contributed by atoms with Crippen molar-refractivity contribution < 1.29 is 8.78 Å². The second-order valence-corrected chi connectivity index (χ2v) is 5.19. The Kier molecular flexibility index (Phi) is 3.95. The molecule has 0 amide bonds. The minimum atomic E-state index is -0.752. The largest absolute Gasteiger partial charge is 0.204 e. The average Bonchev–Trinajstić information content (AvgIpc) is 2.33. The van der Waals surface area contributed by atoms with Crippen LogP contribution >= 0.6 is 15.9 Å². The minimum absolute atomic E-state index is 0.408. The number of alkyl halides is 1. The van der Waals surface area contributed by atoms with Gasteiger partial charge in [0.05, 0.1) is 0 Å². The van der Waals surface area contributed by atoms with Crippen molar-refractivity contribution in [2.75, 3.05) is 5.33 Å². The lowest BCUT2D eigenvalue weighted by atomic mass is 9.79. The molecule has 1 aromatic carbocycles. The quantitative estimate of drug-likeness (QED) is 0.696. The molecule has 0 heterocycles. The Morgan fingerprint density at radius 2 is 1.75 bits per heavy atom. The van der Waals surface area contributed by atoms with E-state index in [-0.39, 0.29) is 0 Å². The summed E-state index contributed by atoms with van der Waals surface area (Å²) >= 11 is 3.50. The lowest BCUT2D eigenvalue weighted by molar-refractivity contribution is 0.353. The molecule has 88 valence electrons. The van der Waals surface area contributed by atoms with Gasteiger partial charge in [0.15, 0.2) is 11.6 Å². The van der Waals surface area contributed by atoms with E-state index >= 15 is 0 Å². The summed E-state index contributed by atoms with van der Waals surface area (Å²) in [6, 6.07) is 4.31. The van der Waals surface area contributed by atoms with E-state index in [9.17, 15) is 8.78 Å². The van der Waals surface area contributed by atoms with E-state index in [2.05, 4.69) is 15.9 Å². The normalized spacial score (nSPS) is 25.7. The van der Waals surface area contributed by atoms with Crippen molar-refractivity contribution in [2.45, 2.75) is 31.6 Å². The van der Waals surface area contributed by atoms with Crippen molar-refractivity contribution in [3.05, 3.63) is 35.4 Å². The van der Waals surface area contributed by atoms with Crippen LogP contribution in [0.4, 0.5) is 8.78 Å². The molecule has 0 saturated heterocycles. The third-order valence-electron chi connectivity index (χ3n) is 3.48. The van der Waals surface area contributed by atoms with Crippen LogP contribution in [0, 0.1) is 17.6 Å². The summed E-state index contributed by atoms with van der Waals surface area (Å²) < 4.78 is 25.9. The molecular weight excluding hydrogens is 274 g/mol. The van der Waals surface area contributed by atoms with Crippen LogP contribution in [-0.4, -0.2) is 5.33 Å². The summed E-state index contributed by atoms with van der Waals surface area (Å²) in [5.41, 5.74) is 0.951. The predicted molar refractivity (Wildman–Crippen MR) is 64.9 cm³/mol. The average molecular weight is 289 g/mol. The van der Waals surface area contributed by atoms with Crippen LogP contribution in [0.2, 0.25) is 0 Å². The Morgan fingerprint density at radius 1 is 1.06 bits per heavy atom. The van der Waals surface area contributed by atoms with E-state index in [1.54, 1.807) is 6.07 Å². The highest BCUT2D eigenvalue weighted by molar-refractivity contribution is 9.09. The number of hydrogen-bond donors (Lipinski definition) is 0. The van der Waals surface area contributed by atoms with E-state index in [0.29, 0.717) is 5.92 Å². The fourth-order valence-corrected chi connectivity index (χ4v) is 3.06. The van der Waals surface area contributed by atoms with Crippen LogP contribution in [0.25, 0.3) is 0 Å². The summed E-state index contributed by atoms with van der Waals surface area (Å²) in [5.74, 6) is -0.315. The molecule has 0 radical (unpaired) electrons. The van der Waals surface area contributed by atoms with E-state index in [4.69, 9.17) is 0 Å². The molecule has 0 aromatic heterocycles. The Bertz CT molecular complexity index is 357.